The van der Waals surface area contributed by atoms with Crippen LogP contribution in [0, 0.1) is 11.8 Å². The molecule has 2 bridgehead atoms. The Balaban J connectivity index is 1.62. The second-order valence-electron chi connectivity index (χ2n) is 5.26. The van der Waals surface area contributed by atoms with Gasteiger partial charge in [0.1, 0.15) is 0 Å². The molecule has 3 rings (SSSR count). The van der Waals surface area contributed by atoms with Crippen LogP contribution in [-0.4, -0.2) is 37.0 Å². The fourth-order valence-electron chi connectivity index (χ4n) is 2.93. The number of amides is 1. The van der Waals surface area contributed by atoms with E-state index in [0.717, 1.165) is 31.7 Å². The van der Waals surface area contributed by atoms with E-state index in [-0.39, 0.29) is 5.91 Å². The highest BCUT2D eigenvalue weighted by Crippen LogP contribution is 2.24. The van der Waals surface area contributed by atoms with Gasteiger partial charge in [0.25, 0.3) is 0 Å². The number of fused-ring (bicyclic) bond motifs is 2. The number of nitrogens with one attached hydrogen (secondary N) is 1. The Hall–Kier alpha value is -1.13. The molecule has 4 heteroatoms. The van der Waals surface area contributed by atoms with Crippen molar-refractivity contribution in [3.8, 4) is 0 Å². The van der Waals surface area contributed by atoms with E-state index < -0.39 is 0 Å². The molecule has 2 saturated heterocycles. The highest BCUT2D eigenvalue weighted by molar-refractivity contribution is 7.08. The fraction of sp³-hybridized carbons (Fsp3) is 0.500. The van der Waals surface area contributed by atoms with Gasteiger partial charge in [-0.2, -0.15) is 11.3 Å². The van der Waals surface area contributed by atoms with Gasteiger partial charge in [-0.15, -0.1) is 0 Å². The Labute approximate surface area is 111 Å². The fourth-order valence-corrected chi connectivity index (χ4v) is 3.56. The summed E-state index contributed by atoms with van der Waals surface area (Å²) in [6, 6.07) is 2.03. The third-order valence-electron chi connectivity index (χ3n) is 3.76. The number of hydrogen-bond acceptors (Lipinski definition) is 3. The molecule has 2 atom stereocenters. The summed E-state index contributed by atoms with van der Waals surface area (Å²) in [5, 5.41) is 7.53. The lowest BCUT2D eigenvalue weighted by Gasteiger charge is -2.41. The van der Waals surface area contributed by atoms with E-state index in [2.05, 4.69) is 10.7 Å². The molecular weight excluding hydrogens is 244 g/mol. The van der Waals surface area contributed by atoms with Gasteiger partial charge in [0.2, 0.25) is 5.91 Å². The van der Waals surface area contributed by atoms with Crippen LogP contribution in [0.15, 0.2) is 22.9 Å². The van der Waals surface area contributed by atoms with Crippen LogP contribution in [0.4, 0.5) is 0 Å². The average Bonchev–Trinajstić information content (AvgIpc) is 2.88. The maximum Gasteiger partial charge on any atom is 0.246 e. The lowest BCUT2D eigenvalue weighted by Crippen LogP contribution is -2.52. The van der Waals surface area contributed by atoms with Gasteiger partial charge in [-0.3, -0.25) is 4.79 Å². The molecule has 3 nitrogen and oxygen atoms in total. The smallest absolute Gasteiger partial charge is 0.246 e. The van der Waals surface area contributed by atoms with Gasteiger partial charge in [-0.05, 0) is 59.8 Å². The van der Waals surface area contributed by atoms with Crippen molar-refractivity contribution in [2.75, 3.05) is 26.2 Å². The van der Waals surface area contributed by atoms with Gasteiger partial charge >= 0.3 is 0 Å². The predicted molar refractivity (Wildman–Crippen MR) is 74.4 cm³/mol. The molecule has 18 heavy (non-hydrogen) atoms. The summed E-state index contributed by atoms with van der Waals surface area (Å²) < 4.78 is 0. The molecule has 0 radical (unpaired) electrons. The minimum absolute atomic E-state index is 0.165. The molecule has 1 N–H and O–H groups in total. The van der Waals surface area contributed by atoms with Crippen molar-refractivity contribution in [1.29, 1.82) is 0 Å². The van der Waals surface area contributed by atoms with E-state index in [4.69, 9.17) is 0 Å². The first-order valence-corrected chi connectivity index (χ1v) is 7.45. The molecule has 0 aromatic carbocycles. The SMILES string of the molecule is O=C(/C=C/c1ccsc1)N1C[C@@H]2CNC[C@@H](C2)C1. The average molecular weight is 262 g/mol. The minimum atomic E-state index is 0.165. The molecular formula is C14H18N2OS. The number of hydrogen-bond donors (Lipinski definition) is 1. The van der Waals surface area contributed by atoms with Crippen LogP contribution in [-0.2, 0) is 4.79 Å². The second kappa shape index (κ2) is 5.24. The monoisotopic (exact) mass is 262 g/mol. The molecule has 2 aliphatic rings. The number of carbonyl (C=O) groups is 1. The van der Waals surface area contributed by atoms with Crippen molar-refractivity contribution in [2.45, 2.75) is 6.42 Å². The van der Waals surface area contributed by atoms with Crippen LogP contribution >= 0.6 is 11.3 Å². The van der Waals surface area contributed by atoms with Crippen LogP contribution < -0.4 is 5.32 Å². The maximum absolute atomic E-state index is 12.1. The summed E-state index contributed by atoms with van der Waals surface area (Å²) in [7, 11) is 0. The molecule has 1 amide bonds. The highest BCUT2D eigenvalue weighted by Gasteiger charge is 2.31. The Morgan fingerprint density at radius 3 is 2.83 bits per heavy atom. The highest BCUT2D eigenvalue weighted by atomic mass is 32.1. The quantitative estimate of drug-likeness (QED) is 0.825. The van der Waals surface area contributed by atoms with E-state index in [9.17, 15) is 4.79 Å². The second-order valence-corrected chi connectivity index (χ2v) is 6.04. The maximum atomic E-state index is 12.1. The van der Waals surface area contributed by atoms with Crippen LogP contribution in [0.25, 0.3) is 6.08 Å². The molecule has 0 saturated carbocycles. The van der Waals surface area contributed by atoms with Gasteiger partial charge in [0.05, 0.1) is 0 Å². The van der Waals surface area contributed by atoms with Crippen LogP contribution in [0.5, 0.6) is 0 Å². The van der Waals surface area contributed by atoms with E-state index in [1.165, 1.54) is 6.42 Å². The molecule has 2 aliphatic heterocycles. The number of nitrogens with zero attached hydrogens (tertiary/aromatic N) is 1. The largest absolute Gasteiger partial charge is 0.339 e. The lowest BCUT2D eigenvalue weighted by molar-refractivity contribution is -0.129. The summed E-state index contributed by atoms with van der Waals surface area (Å²) >= 11 is 1.66. The molecule has 1 aromatic heterocycles. The van der Waals surface area contributed by atoms with Crippen LogP contribution in [0.1, 0.15) is 12.0 Å². The zero-order valence-corrected chi connectivity index (χ0v) is 11.2. The van der Waals surface area contributed by atoms with Gasteiger partial charge in [-0.1, -0.05) is 0 Å². The first kappa shape index (κ1) is 11.9. The van der Waals surface area contributed by atoms with Gasteiger partial charge in [-0.25, -0.2) is 0 Å². The molecule has 0 spiro atoms. The number of rotatable bonds is 2. The van der Waals surface area contributed by atoms with Crippen molar-refractivity contribution >= 4 is 23.3 Å². The molecule has 0 unspecified atom stereocenters. The molecule has 0 aliphatic carbocycles. The van der Waals surface area contributed by atoms with E-state index in [1.807, 2.05) is 22.4 Å². The molecule has 1 aromatic rings. The molecule has 96 valence electrons. The van der Waals surface area contributed by atoms with Gasteiger partial charge in [0, 0.05) is 19.2 Å². The van der Waals surface area contributed by atoms with Crippen LogP contribution in [0.3, 0.4) is 0 Å². The number of likely N-dealkylation sites (tertiary alicyclic amines) is 1. The van der Waals surface area contributed by atoms with Crippen molar-refractivity contribution in [2.24, 2.45) is 11.8 Å². The summed E-state index contributed by atoms with van der Waals surface area (Å²) in [6.07, 6.45) is 4.92. The summed E-state index contributed by atoms with van der Waals surface area (Å²) in [5.74, 6) is 1.46. The first-order chi connectivity index (χ1) is 8.81. The Morgan fingerprint density at radius 1 is 1.39 bits per heavy atom. The van der Waals surface area contributed by atoms with E-state index in [0.29, 0.717) is 11.8 Å². The van der Waals surface area contributed by atoms with E-state index >= 15 is 0 Å². The Morgan fingerprint density at radius 2 is 2.17 bits per heavy atom. The predicted octanol–water partition coefficient (Wildman–Crippen LogP) is 1.83. The van der Waals surface area contributed by atoms with Gasteiger partial charge < -0.3 is 10.2 Å². The standard InChI is InChI=1S/C14H18N2OS/c17-14(2-1-11-3-4-18-10-11)16-8-12-5-13(9-16)7-15-6-12/h1-4,10,12-13,15H,5-9H2/b2-1+/t12-,13+. The van der Waals surface area contributed by atoms with Crippen molar-refractivity contribution in [1.82, 2.24) is 10.2 Å². The van der Waals surface area contributed by atoms with Crippen molar-refractivity contribution in [3.05, 3.63) is 28.5 Å². The zero-order valence-electron chi connectivity index (χ0n) is 10.3. The molecule has 3 heterocycles. The third kappa shape index (κ3) is 2.65. The summed E-state index contributed by atoms with van der Waals surface area (Å²) in [5.41, 5.74) is 1.12. The minimum Gasteiger partial charge on any atom is -0.339 e. The van der Waals surface area contributed by atoms with E-state index in [1.54, 1.807) is 17.4 Å². The Kier molecular flexibility index (Phi) is 3.48. The number of carbonyl (C=O) groups excluding carboxylic acids is 1. The Bertz CT molecular complexity index is 429. The topological polar surface area (TPSA) is 32.3 Å². The van der Waals surface area contributed by atoms with Crippen LogP contribution in [0.2, 0.25) is 0 Å². The lowest BCUT2D eigenvalue weighted by atomic mass is 9.86. The normalized spacial score (nSPS) is 27.7. The first-order valence-electron chi connectivity index (χ1n) is 6.51. The zero-order chi connectivity index (χ0) is 12.4. The summed E-state index contributed by atoms with van der Waals surface area (Å²) in [4.78, 5) is 14.2. The van der Waals surface area contributed by atoms with Crippen molar-refractivity contribution < 1.29 is 4.79 Å². The summed E-state index contributed by atoms with van der Waals surface area (Å²) in [6.45, 7) is 3.95. The van der Waals surface area contributed by atoms with Gasteiger partial charge in [0.15, 0.2) is 0 Å². The number of piperidine rings is 2. The number of thiophene rings is 1. The van der Waals surface area contributed by atoms with Crippen molar-refractivity contribution in [3.63, 3.8) is 0 Å². The molecule has 2 fully saturated rings. The third-order valence-corrected chi connectivity index (χ3v) is 4.46.